The predicted octanol–water partition coefficient (Wildman–Crippen LogP) is 4.35. The molecule has 1 N–H and O–H groups in total. The van der Waals surface area contributed by atoms with Gasteiger partial charge in [0, 0.05) is 21.3 Å². The van der Waals surface area contributed by atoms with Crippen LogP contribution in [0, 0.1) is 5.92 Å². The number of carbonyl (C=O) groups is 1. The minimum absolute atomic E-state index is 0.0206. The van der Waals surface area contributed by atoms with Crippen molar-refractivity contribution in [3.8, 4) is 0 Å². The van der Waals surface area contributed by atoms with Crippen LogP contribution >= 0.6 is 34.3 Å². The predicted molar refractivity (Wildman–Crippen MR) is 81.1 cm³/mol. The highest BCUT2D eigenvalue weighted by Gasteiger charge is 2.18. The first-order valence-electron chi connectivity index (χ1n) is 5.95. The maximum Gasteiger partial charge on any atom is 0.261 e. The van der Waals surface area contributed by atoms with Crippen LogP contribution in [0.3, 0.4) is 0 Å². The minimum atomic E-state index is 0.0206. The van der Waals surface area contributed by atoms with Gasteiger partial charge in [-0.3, -0.25) is 4.79 Å². The van der Waals surface area contributed by atoms with Crippen LogP contribution < -0.4 is 5.32 Å². The van der Waals surface area contributed by atoms with Gasteiger partial charge < -0.3 is 5.32 Å². The molecule has 0 aromatic carbocycles. The van der Waals surface area contributed by atoms with Crippen LogP contribution in [0.1, 0.15) is 29.9 Å². The van der Waals surface area contributed by atoms with Crippen molar-refractivity contribution < 1.29 is 4.79 Å². The van der Waals surface area contributed by atoms with E-state index in [4.69, 9.17) is 11.6 Å². The molecule has 0 saturated carbocycles. The molecule has 0 fully saturated rings. The zero-order chi connectivity index (χ0) is 13.1. The Balaban J connectivity index is 2.08. The molecule has 1 atom stereocenters. The largest absolute Gasteiger partial charge is 0.348 e. The number of rotatable bonds is 5. The van der Waals surface area contributed by atoms with Gasteiger partial charge in [-0.05, 0) is 29.9 Å². The van der Waals surface area contributed by atoms with E-state index in [1.807, 2.05) is 11.4 Å². The van der Waals surface area contributed by atoms with Gasteiger partial charge in [0.1, 0.15) is 0 Å². The van der Waals surface area contributed by atoms with Crippen LogP contribution in [-0.2, 0) is 0 Å². The molecule has 2 aromatic heterocycles. The molecule has 2 heterocycles. The second kappa shape index (κ2) is 6.04. The summed E-state index contributed by atoms with van der Waals surface area (Å²) in [4.78, 5) is 13.0. The number of hydrogen-bond acceptors (Lipinski definition) is 3. The lowest BCUT2D eigenvalue weighted by atomic mass is 10.0. The molecule has 0 radical (unpaired) electrons. The molecule has 0 bridgehead atoms. The Morgan fingerprint density at radius 3 is 2.83 bits per heavy atom. The van der Waals surface area contributed by atoms with Crippen molar-refractivity contribution in [1.29, 1.82) is 0 Å². The smallest absolute Gasteiger partial charge is 0.261 e. The third-order valence-electron chi connectivity index (χ3n) is 2.90. The molecule has 18 heavy (non-hydrogen) atoms. The molecule has 0 saturated heterocycles. The van der Waals surface area contributed by atoms with Crippen LogP contribution in [0.2, 0.25) is 0 Å². The number of halogens is 1. The molecule has 2 aromatic rings. The monoisotopic (exact) mass is 301 g/mol. The van der Waals surface area contributed by atoms with Gasteiger partial charge in [0.15, 0.2) is 0 Å². The van der Waals surface area contributed by atoms with E-state index in [9.17, 15) is 4.79 Å². The first-order valence-corrected chi connectivity index (χ1v) is 8.18. The molecule has 0 aliphatic heterocycles. The van der Waals surface area contributed by atoms with Gasteiger partial charge in [0.05, 0.1) is 4.88 Å². The third kappa shape index (κ3) is 3.05. The average Bonchev–Trinajstić information content (AvgIpc) is 2.87. The van der Waals surface area contributed by atoms with E-state index in [1.54, 1.807) is 22.7 Å². The summed E-state index contributed by atoms with van der Waals surface area (Å²) in [5, 5.41) is 5.12. The number of carbonyl (C=O) groups excluding carboxylic acids is 1. The van der Waals surface area contributed by atoms with Gasteiger partial charge in [0.25, 0.3) is 5.91 Å². The summed E-state index contributed by atoms with van der Waals surface area (Å²) in [5.41, 5.74) is 0. The average molecular weight is 302 g/mol. The van der Waals surface area contributed by atoms with E-state index < -0.39 is 0 Å². The molecular weight excluding hydrogens is 286 g/mol. The Bertz CT molecular complexity index is 503. The zero-order valence-corrected chi connectivity index (χ0v) is 12.8. The van der Waals surface area contributed by atoms with Crippen LogP contribution in [0.15, 0.2) is 17.5 Å². The summed E-state index contributed by atoms with van der Waals surface area (Å²) in [5.74, 6) is 0.990. The van der Waals surface area contributed by atoms with E-state index in [-0.39, 0.29) is 11.9 Å². The summed E-state index contributed by atoms with van der Waals surface area (Å²) < 4.78 is 2.37. The minimum Gasteiger partial charge on any atom is -0.348 e. The molecule has 0 aliphatic rings. The number of nitrogens with one attached hydrogen (secondary N) is 1. The zero-order valence-electron chi connectivity index (χ0n) is 10.4. The summed E-state index contributed by atoms with van der Waals surface area (Å²) >= 11 is 8.99. The molecule has 5 heteroatoms. The second-order valence-corrected chi connectivity index (χ2v) is 6.97. The van der Waals surface area contributed by atoms with E-state index in [0.29, 0.717) is 11.8 Å². The lowest BCUT2D eigenvalue weighted by Gasteiger charge is -2.20. The van der Waals surface area contributed by atoms with Gasteiger partial charge >= 0.3 is 0 Å². The summed E-state index contributed by atoms with van der Waals surface area (Å²) in [6.45, 7) is 4.20. The van der Waals surface area contributed by atoms with Crippen molar-refractivity contribution in [2.45, 2.75) is 26.3 Å². The molecule has 0 aliphatic carbocycles. The first kappa shape index (κ1) is 13.8. The van der Waals surface area contributed by atoms with Gasteiger partial charge in [-0.2, -0.15) is 0 Å². The molecule has 98 valence electrons. The van der Waals surface area contributed by atoms with Crippen LogP contribution in [0.4, 0.5) is 0 Å². The molecule has 1 amide bonds. The van der Waals surface area contributed by atoms with Crippen molar-refractivity contribution in [1.82, 2.24) is 5.32 Å². The second-order valence-electron chi connectivity index (χ2n) is 4.56. The fourth-order valence-electron chi connectivity index (χ4n) is 1.81. The highest BCUT2D eigenvalue weighted by molar-refractivity contribution is 7.27. The highest BCUT2D eigenvalue weighted by Crippen LogP contribution is 2.30. The van der Waals surface area contributed by atoms with Crippen molar-refractivity contribution in [2.24, 2.45) is 5.92 Å². The Morgan fingerprint density at radius 1 is 1.44 bits per heavy atom. The van der Waals surface area contributed by atoms with Gasteiger partial charge in [-0.15, -0.1) is 34.3 Å². The topological polar surface area (TPSA) is 29.1 Å². The van der Waals surface area contributed by atoms with Crippen LogP contribution in [0.5, 0.6) is 0 Å². The van der Waals surface area contributed by atoms with Crippen LogP contribution in [0.25, 0.3) is 9.40 Å². The molecular formula is C13H16ClNOS2. The molecule has 1 unspecified atom stereocenters. The number of hydrogen-bond donors (Lipinski definition) is 1. The van der Waals surface area contributed by atoms with Crippen molar-refractivity contribution >= 4 is 49.6 Å². The Hall–Kier alpha value is -0.580. The summed E-state index contributed by atoms with van der Waals surface area (Å²) in [7, 11) is 0. The fraction of sp³-hybridized carbons (Fsp3) is 0.462. The van der Waals surface area contributed by atoms with Crippen molar-refractivity contribution in [3.63, 3.8) is 0 Å². The lowest BCUT2D eigenvalue weighted by molar-refractivity contribution is 0.0929. The Morgan fingerprint density at radius 2 is 2.22 bits per heavy atom. The van der Waals surface area contributed by atoms with Crippen LogP contribution in [-0.4, -0.2) is 17.8 Å². The van der Waals surface area contributed by atoms with E-state index in [0.717, 1.165) is 11.3 Å². The van der Waals surface area contributed by atoms with E-state index in [1.165, 1.54) is 9.40 Å². The summed E-state index contributed by atoms with van der Waals surface area (Å²) in [6, 6.07) is 4.17. The first-order chi connectivity index (χ1) is 8.61. The number of thiophene rings is 2. The van der Waals surface area contributed by atoms with E-state index >= 15 is 0 Å². The van der Waals surface area contributed by atoms with Crippen molar-refractivity contribution in [3.05, 3.63) is 22.4 Å². The Labute approximate surface area is 120 Å². The van der Waals surface area contributed by atoms with Gasteiger partial charge in [0.2, 0.25) is 0 Å². The van der Waals surface area contributed by atoms with Gasteiger partial charge in [-0.1, -0.05) is 13.8 Å². The lowest BCUT2D eigenvalue weighted by Crippen LogP contribution is -2.38. The SMILES string of the molecule is CC(C)C(CCCl)NC(=O)c1cc2sccc2s1. The third-order valence-corrected chi connectivity index (χ3v) is 5.21. The Kier molecular flexibility index (Phi) is 4.65. The fourth-order valence-corrected chi connectivity index (χ4v) is 4.05. The number of amides is 1. The maximum atomic E-state index is 12.2. The maximum absolute atomic E-state index is 12.2. The molecule has 0 spiro atoms. The molecule has 2 nitrogen and oxygen atoms in total. The number of fused-ring (bicyclic) bond motifs is 1. The highest BCUT2D eigenvalue weighted by atomic mass is 35.5. The number of alkyl halides is 1. The summed E-state index contributed by atoms with van der Waals surface area (Å²) in [6.07, 6.45) is 0.810. The van der Waals surface area contributed by atoms with Crippen molar-refractivity contribution in [2.75, 3.05) is 5.88 Å². The standard InChI is InChI=1S/C13H16ClNOS2/c1-8(2)9(3-5-14)15-13(16)12-7-11-10(18-12)4-6-17-11/h4,6-9H,3,5H2,1-2H3,(H,15,16). The normalized spacial score (nSPS) is 13.1. The quantitative estimate of drug-likeness (QED) is 0.818. The molecule has 2 rings (SSSR count). The van der Waals surface area contributed by atoms with Gasteiger partial charge in [-0.25, -0.2) is 0 Å². The van der Waals surface area contributed by atoms with E-state index in [2.05, 4.69) is 25.2 Å².